The third kappa shape index (κ3) is 3.09. The van der Waals surface area contributed by atoms with Crippen molar-refractivity contribution in [2.75, 3.05) is 31.1 Å². The summed E-state index contributed by atoms with van der Waals surface area (Å²) >= 11 is 5.85. The molecule has 0 N–H and O–H groups in total. The second-order valence-electron chi connectivity index (χ2n) is 4.16. The molecular formula is C11H11ClF3N3O. The molecular weight excluding hydrogens is 283 g/mol. The van der Waals surface area contributed by atoms with Crippen LogP contribution in [0.1, 0.15) is 5.56 Å². The average Bonchev–Trinajstić information content (AvgIpc) is 2.38. The molecule has 0 saturated carbocycles. The maximum Gasteiger partial charge on any atom is 0.417 e. The van der Waals surface area contributed by atoms with Gasteiger partial charge in [-0.1, -0.05) is 11.6 Å². The van der Waals surface area contributed by atoms with Gasteiger partial charge in [0, 0.05) is 32.4 Å². The minimum absolute atomic E-state index is 0.0330. The molecule has 1 aromatic heterocycles. The number of carbonyl (C=O) groups is 1. The molecule has 8 heteroatoms. The fourth-order valence-electron chi connectivity index (χ4n) is 1.86. The molecule has 0 unspecified atom stereocenters. The third-order valence-electron chi connectivity index (χ3n) is 2.91. The SMILES string of the molecule is O=CN1CCN(c2ncc(C(F)(F)F)cc2Cl)CC1. The zero-order valence-electron chi connectivity index (χ0n) is 9.82. The Kier molecular flexibility index (Phi) is 3.84. The van der Waals surface area contributed by atoms with E-state index >= 15 is 0 Å². The number of amides is 1. The van der Waals surface area contributed by atoms with Crippen LogP contribution in [0.15, 0.2) is 12.3 Å². The second kappa shape index (κ2) is 5.24. The number of alkyl halides is 3. The molecule has 0 aromatic carbocycles. The zero-order valence-corrected chi connectivity index (χ0v) is 10.6. The van der Waals surface area contributed by atoms with E-state index in [4.69, 9.17) is 11.6 Å². The lowest BCUT2D eigenvalue weighted by molar-refractivity contribution is -0.137. The fraction of sp³-hybridized carbons (Fsp3) is 0.455. The van der Waals surface area contributed by atoms with E-state index in [0.717, 1.165) is 18.7 Å². The smallest absolute Gasteiger partial charge is 0.352 e. The summed E-state index contributed by atoms with van der Waals surface area (Å²) in [5, 5.41) is -0.0330. The van der Waals surface area contributed by atoms with Gasteiger partial charge in [0.15, 0.2) is 0 Å². The van der Waals surface area contributed by atoms with Crippen molar-refractivity contribution in [2.45, 2.75) is 6.18 Å². The Morgan fingerprint density at radius 1 is 1.26 bits per heavy atom. The van der Waals surface area contributed by atoms with Gasteiger partial charge in [-0.2, -0.15) is 13.2 Å². The number of hydrogen-bond acceptors (Lipinski definition) is 3. The van der Waals surface area contributed by atoms with Crippen LogP contribution in [-0.2, 0) is 11.0 Å². The van der Waals surface area contributed by atoms with E-state index in [1.54, 1.807) is 9.80 Å². The molecule has 0 atom stereocenters. The quantitative estimate of drug-likeness (QED) is 0.783. The topological polar surface area (TPSA) is 36.4 Å². The van der Waals surface area contributed by atoms with Crippen LogP contribution in [0.25, 0.3) is 0 Å². The number of anilines is 1. The first-order chi connectivity index (χ1) is 8.91. The zero-order chi connectivity index (χ0) is 14.0. The van der Waals surface area contributed by atoms with Gasteiger partial charge in [0.2, 0.25) is 6.41 Å². The Bertz CT molecular complexity index is 473. The molecule has 1 aliphatic heterocycles. The first kappa shape index (κ1) is 13.9. The molecule has 0 aliphatic carbocycles. The molecule has 0 bridgehead atoms. The molecule has 1 aliphatic rings. The summed E-state index contributed by atoms with van der Waals surface area (Å²) < 4.78 is 37.4. The molecule has 19 heavy (non-hydrogen) atoms. The lowest BCUT2D eigenvalue weighted by Crippen LogP contribution is -2.46. The van der Waals surface area contributed by atoms with Gasteiger partial charge in [0.05, 0.1) is 10.6 Å². The Balaban J connectivity index is 2.16. The van der Waals surface area contributed by atoms with Gasteiger partial charge in [-0.3, -0.25) is 4.79 Å². The van der Waals surface area contributed by atoms with Gasteiger partial charge in [-0.15, -0.1) is 0 Å². The van der Waals surface area contributed by atoms with E-state index in [2.05, 4.69) is 4.98 Å². The number of carbonyl (C=O) groups excluding carboxylic acids is 1. The van der Waals surface area contributed by atoms with Crippen LogP contribution in [0.2, 0.25) is 5.02 Å². The van der Waals surface area contributed by atoms with E-state index in [-0.39, 0.29) is 5.02 Å². The molecule has 1 aromatic rings. The van der Waals surface area contributed by atoms with E-state index in [0.29, 0.717) is 32.0 Å². The van der Waals surface area contributed by atoms with E-state index in [1.165, 1.54) is 0 Å². The molecule has 0 spiro atoms. The summed E-state index contributed by atoms with van der Waals surface area (Å²) in [5.41, 5.74) is -0.868. The lowest BCUT2D eigenvalue weighted by atomic mass is 10.2. The normalized spacial score (nSPS) is 16.6. The molecule has 1 fully saturated rings. The highest BCUT2D eigenvalue weighted by atomic mass is 35.5. The van der Waals surface area contributed by atoms with Crippen molar-refractivity contribution in [3.05, 3.63) is 22.8 Å². The van der Waals surface area contributed by atoms with Crippen LogP contribution < -0.4 is 4.90 Å². The minimum Gasteiger partial charge on any atom is -0.352 e. The van der Waals surface area contributed by atoms with Gasteiger partial charge in [0.25, 0.3) is 0 Å². The summed E-state index contributed by atoms with van der Waals surface area (Å²) in [6.07, 6.45) is -2.93. The highest BCUT2D eigenvalue weighted by Crippen LogP contribution is 2.33. The molecule has 1 amide bonds. The minimum atomic E-state index is -4.45. The van der Waals surface area contributed by atoms with E-state index in [9.17, 15) is 18.0 Å². The van der Waals surface area contributed by atoms with Gasteiger partial charge < -0.3 is 9.80 Å². The summed E-state index contributed by atoms with van der Waals surface area (Å²) in [6.45, 7) is 2.00. The summed E-state index contributed by atoms with van der Waals surface area (Å²) in [7, 11) is 0. The highest BCUT2D eigenvalue weighted by molar-refractivity contribution is 6.33. The highest BCUT2D eigenvalue weighted by Gasteiger charge is 2.32. The third-order valence-corrected chi connectivity index (χ3v) is 3.19. The Morgan fingerprint density at radius 2 is 1.89 bits per heavy atom. The Hall–Kier alpha value is -1.50. The van der Waals surface area contributed by atoms with E-state index in [1.807, 2.05) is 0 Å². The number of rotatable bonds is 2. The number of pyridine rings is 1. The van der Waals surface area contributed by atoms with Gasteiger partial charge in [-0.05, 0) is 6.07 Å². The standard InChI is InChI=1S/C11H11ClF3N3O/c12-9-5-8(11(13,14)15)6-16-10(9)18-3-1-17(7-19)2-4-18/h5-7H,1-4H2. The first-order valence-electron chi connectivity index (χ1n) is 5.59. The average molecular weight is 294 g/mol. The van der Waals surface area contributed by atoms with Crippen LogP contribution >= 0.6 is 11.6 Å². The molecule has 2 rings (SSSR count). The van der Waals surface area contributed by atoms with Crippen molar-refractivity contribution >= 4 is 23.8 Å². The van der Waals surface area contributed by atoms with Crippen molar-refractivity contribution in [3.63, 3.8) is 0 Å². The molecule has 0 radical (unpaired) electrons. The number of piperazine rings is 1. The van der Waals surface area contributed by atoms with Crippen LogP contribution in [0, 0.1) is 0 Å². The molecule has 4 nitrogen and oxygen atoms in total. The Labute approximate surface area is 112 Å². The summed E-state index contributed by atoms with van der Waals surface area (Å²) in [5.74, 6) is 0.320. The Morgan fingerprint density at radius 3 is 2.37 bits per heavy atom. The van der Waals surface area contributed by atoms with Crippen molar-refractivity contribution in [1.82, 2.24) is 9.88 Å². The fourth-order valence-corrected chi connectivity index (χ4v) is 2.14. The van der Waals surface area contributed by atoms with Crippen molar-refractivity contribution in [3.8, 4) is 0 Å². The number of nitrogens with zero attached hydrogens (tertiary/aromatic N) is 3. The van der Waals surface area contributed by atoms with E-state index < -0.39 is 11.7 Å². The van der Waals surface area contributed by atoms with Crippen LogP contribution in [-0.4, -0.2) is 42.5 Å². The second-order valence-corrected chi connectivity index (χ2v) is 4.56. The monoisotopic (exact) mass is 293 g/mol. The molecule has 1 saturated heterocycles. The first-order valence-corrected chi connectivity index (χ1v) is 5.96. The van der Waals surface area contributed by atoms with Gasteiger partial charge in [0.1, 0.15) is 5.82 Å². The number of halogens is 4. The number of hydrogen-bond donors (Lipinski definition) is 0. The van der Waals surface area contributed by atoms with Crippen molar-refractivity contribution in [2.24, 2.45) is 0 Å². The lowest BCUT2D eigenvalue weighted by Gasteiger charge is -2.33. The maximum atomic E-state index is 12.5. The summed E-state index contributed by atoms with van der Waals surface area (Å²) in [6, 6.07) is 0.871. The van der Waals surface area contributed by atoms with Gasteiger partial charge in [-0.25, -0.2) is 4.98 Å². The number of aromatic nitrogens is 1. The predicted octanol–water partition coefficient (Wildman–Crippen LogP) is 2.03. The largest absolute Gasteiger partial charge is 0.417 e. The molecule has 104 valence electrons. The maximum absolute atomic E-state index is 12.5. The van der Waals surface area contributed by atoms with Crippen molar-refractivity contribution < 1.29 is 18.0 Å². The van der Waals surface area contributed by atoms with Crippen LogP contribution in [0.4, 0.5) is 19.0 Å². The predicted molar refractivity (Wildman–Crippen MR) is 64.1 cm³/mol. The van der Waals surface area contributed by atoms with Crippen molar-refractivity contribution in [1.29, 1.82) is 0 Å². The van der Waals surface area contributed by atoms with Gasteiger partial charge >= 0.3 is 6.18 Å². The van der Waals surface area contributed by atoms with Crippen LogP contribution in [0.5, 0.6) is 0 Å². The molecule has 2 heterocycles. The summed E-state index contributed by atoms with van der Waals surface area (Å²) in [4.78, 5) is 17.7. The van der Waals surface area contributed by atoms with Crippen LogP contribution in [0.3, 0.4) is 0 Å².